The number of aryl methyl sites for hydroxylation is 1. The number of ether oxygens (including phenoxy) is 1. The average molecular weight is 286 g/mol. The molecule has 0 aliphatic carbocycles. The summed E-state index contributed by atoms with van der Waals surface area (Å²) in [6.07, 6.45) is 1.95. The van der Waals surface area contributed by atoms with Crippen LogP contribution in [0.1, 0.15) is 12.0 Å². The van der Waals surface area contributed by atoms with E-state index >= 15 is 0 Å². The van der Waals surface area contributed by atoms with Crippen LogP contribution < -0.4 is 9.68 Å². The lowest BCUT2D eigenvalue weighted by molar-refractivity contribution is 0.311. The predicted octanol–water partition coefficient (Wildman–Crippen LogP) is 3.87. The number of benzene rings is 2. The second kappa shape index (κ2) is 5.92. The van der Waals surface area contributed by atoms with Crippen molar-refractivity contribution < 1.29 is 9.15 Å². The fraction of sp³-hybridized carbons (Fsp3) is 0.188. The standard InChI is InChI=1S/C16H14O3S/c17-16-19-14-11-13(8-9-15(14)20-16)18-10-4-7-12-5-2-1-3-6-12/h1-3,5-6,8-9,11H,4,7,10H2. The largest absolute Gasteiger partial charge is 0.493 e. The van der Waals surface area contributed by atoms with Crippen molar-refractivity contribution in [3.8, 4) is 5.75 Å². The van der Waals surface area contributed by atoms with Crippen LogP contribution in [0.15, 0.2) is 57.7 Å². The van der Waals surface area contributed by atoms with Gasteiger partial charge in [-0.05, 0) is 30.5 Å². The first kappa shape index (κ1) is 12.9. The number of hydrogen-bond acceptors (Lipinski definition) is 4. The summed E-state index contributed by atoms with van der Waals surface area (Å²) < 4.78 is 11.6. The highest BCUT2D eigenvalue weighted by Gasteiger charge is 2.03. The van der Waals surface area contributed by atoms with Crippen molar-refractivity contribution in [3.05, 3.63) is 63.8 Å². The third-order valence-corrected chi connectivity index (χ3v) is 3.83. The molecule has 0 aliphatic heterocycles. The van der Waals surface area contributed by atoms with Crippen molar-refractivity contribution in [1.29, 1.82) is 0 Å². The molecule has 0 bridgehead atoms. The molecule has 0 radical (unpaired) electrons. The maximum Gasteiger partial charge on any atom is 0.396 e. The zero-order chi connectivity index (χ0) is 13.8. The summed E-state index contributed by atoms with van der Waals surface area (Å²) in [5, 5.41) is 0. The maximum absolute atomic E-state index is 11.1. The fourth-order valence-corrected chi connectivity index (χ4v) is 2.70. The Hall–Kier alpha value is -2.07. The van der Waals surface area contributed by atoms with Gasteiger partial charge in [-0.15, -0.1) is 0 Å². The van der Waals surface area contributed by atoms with Crippen molar-refractivity contribution in [1.82, 2.24) is 0 Å². The van der Waals surface area contributed by atoms with Gasteiger partial charge < -0.3 is 9.15 Å². The first-order chi connectivity index (χ1) is 9.81. The molecule has 0 amide bonds. The average Bonchev–Trinajstić information content (AvgIpc) is 2.84. The van der Waals surface area contributed by atoms with Gasteiger partial charge in [-0.1, -0.05) is 41.7 Å². The molecule has 102 valence electrons. The molecular weight excluding hydrogens is 272 g/mol. The lowest BCUT2D eigenvalue weighted by Gasteiger charge is -2.05. The summed E-state index contributed by atoms with van der Waals surface area (Å²) >= 11 is 1.11. The molecule has 0 saturated heterocycles. The van der Waals surface area contributed by atoms with Gasteiger partial charge in [-0.25, -0.2) is 4.79 Å². The molecule has 20 heavy (non-hydrogen) atoms. The van der Waals surface area contributed by atoms with E-state index in [-0.39, 0.29) is 4.94 Å². The summed E-state index contributed by atoms with van der Waals surface area (Å²) in [6.45, 7) is 0.648. The van der Waals surface area contributed by atoms with Gasteiger partial charge in [0.05, 0.1) is 11.3 Å². The highest BCUT2D eigenvalue weighted by Crippen LogP contribution is 2.22. The topological polar surface area (TPSA) is 39.4 Å². The molecule has 2 aromatic carbocycles. The first-order valence-corrected chi connectivity index (χ1v) is 7.33. The van der Waals surface area contributed by atoms with E-state index in [4.69, 9.17) is 9.15 Å². The number of rotatable bonds is 5. The SMILES string of the molecule is O=c1oc2cc(OCCCc3ccccc3)ccc2s1. The molecule has 3 rings (SSSR count). The van der Waals surface area contributed by atoms with E-state index in [1.54, 1.807) is 6.07 Å². The van der Waals surface area contributed by atoms with Crippen LogP contribution in [-0.2, 0) is 6.42 Å². The summed E-state index contributed by atoms with van der Waals surface area (Å²) in [5.41, 5.74) is 1.91. The second-order valence-corrected chi connectivity index (χ2v) is 5.48. The molecule has 0 atom stereocenters. The molecule has 4 heteroatoms. The van der Waals surface area contributed by atoms with Crippen LogP contribution in [0, 0.1) is 0 Å². The Morgan fingerprint density at radius 1 is 1.10 bits per heavy atom. The van der Waals surface area contributed by atoms with E-state index in [9.17, 15) is 4.79 Å². The zero-order valence-corrected chi connectivity index (χ0v) is 11.7. The fourth-order valence-electron chi connectivity index (χ4n) is 2.05. The molecule has 0 aliphatic rings. The smallest absolute Gasteiger partial charge is 0.396 e. The minimum Gasteiger partial charge on any atom is -0.493 e. The molecule has 3 aromatic rings. The van der Waals surface area contributed by atoms with E-state index in [1.807, 2.05) is 30.3 Å². The molecule has 0 N–H and O–H groups in total. The van der Waals surface area contributed by atoms with Crippen molar-refractivity contribution in [3.63, 3.8) is 0 Å². The van der Waals surface area contributed by atoms with Crippen LogP contribution in [0.4, 0.5) is 0 Å². The van der Waals surface area contributed by atoms with E-state index in [0.717, 1.165) is 34.6 Å². The lowest BCUT2D eigenvalue weighted by Crippen LogP contribution is -1.99. The molecule has 1 heterocycles. The summed E-state index contributed by atoms with van der Waals surface area (Å²) in [7, 11) is 0. The molecule has 1 aromatic heterocycles. The zero-order valence-electron chi connectivity index (χ0n) is 10.9. The van der Waals surface area contributed by atoms with Gasteiger partial charge >= 0.3 is 4.94 Å². The third kappa shape index (κ3) is 3.08. The normalized spacial score (nSPS) is 10.8. The third-order valence-electron chi connectivity index (χ3n) is 3.02. The Bertz CT molecular complexity index is 743. The molecule has 0 fully saturated rings. The van der Waals surface area contributed by atoms with E-state index in [2.05, 4.69) is 12.1 Å². The van der Waals surface area contributed by atoms with Crippen LogP contribution in [-0.4, -0.2) is 6.61 Å². The van der Waals surface area contributed by atoms with Crippen LogP contribution >= 0.6 is 11.3 Å². The van der Waals surface area contributed by atoms with E-state index in [1.165, 1.54) is 5.56 Å². The number of hydrogen-bond donors (Lipinski definition) is 0. The van der Waals surface area contributed by atoms with Crippen LogP contribution in [0.25, 0.3) is 10.3 Å². The Morgan fingerprint density at radius 3 is 2.80 bits per heavy atom. The minimum atomic E-state index is -0.277. The molecule has 3 nitrogen and oxygen atoms in total. The molecule has 0 saturated carbocycles. The lowest BCUT2D eigenvalue weighted by atomic mass is 10.1. The quantitative estimate of drug-likeness (QED) is 0.668. The van der Waals surface area contributed by atoms with E-state index in [0.29, 0.717) is 12.2 Å². The van der Waals surface area contributed by atoms with Gasteiger partial charge in [-0.2, -0.15) is 0 Å². The summed E-state index contributed by atoms with van der Waals surface area (Å²) in [6, 6.07) is 15.8. The van der Waals surface area contributed by atoms with Gasteiger partial charge in [0.2, 0.25) is 0 Å². The van der Waals surface area contributed by atoms with Crippen LogP contribution in [0.3, 0.4) is 0 Å². The van der Waals surface area contributed by atoms with Gasteiger partial charge in [0.15, 0.2) is 5.58 Å². The summed E-state index contributed by atoms with van der Waals surface area (Å²) in [4.78, 5) is 10.9. The summed E-state index contributed by atoms with van der Waals surface area (Å²) in [5.74, 6) is 0.743. The molecule has 0 unspecified atom stereocenters. The monoisotopic (exact) mass is 286 g/mol. The van der Waals surface area contributed by atoms with E-state index < -0.39 is 0 Å². The van der Waals surface area contributed by atoms with Crippen molar-refractivity contribution in [2.45, 2.75) is 12.8 Å². The van der Waals surface area contributed by atoms with Crippen LogP contribution in [0.5, 0.6) is 5.75 Å². The maximum atomic E-state index is 11.1. The Kier molecular flexibility index (Phi) is 3.83. The van der Waals surface area contributed by atoms with Crippen molar-refractivity contribution in [2.24, 2.45) is 0 Å². The minimum absolute atomic E-state index is 0.277. The van der Waals surface area contributed by atoms with Crippen LogP contribution in [0.2, 0.25) is 0 Å². The van der Waals surface area contributed by atoms with Gasteiger partial charge in [0, 0.05) is 6.07 Å². The number of fused-ring (bicyclic) bond motifs is 1. The van der Waals surface area contributed by atoms with Gasteiger partial charge in [0.25, 0.3) is 0 Å². The van der Waals surface area contributed by atoms with Crippen molar-refractivity contribution >= 4 is 21.6 Å². The molecular formula is C16H14O3S. The highest BCUT2D eigenvalue weighted by atomic mass is 32.1. The Labute approximate surface area is 120 Å². The van der Waals surface area contributed by atoms with Crippen molar-refractivity contribution in [2.75, 3.05) is 6.61 Å². The Morgan fingerprint density at radius 2 is 1.95 bits per heavy atom. The highest BCUT2D eigenvalue weighted by molar-refractivity contribution is 7.16. The predicted molar refractivity (Wildman–Crippen MR) is 80.6 cm³/mol. The molecule has 0 spiro atoms. The van der Waals surface area contributed by atoms with Gasteiger partial charge in [-0.3, -0.25) is 0 Å². The van der Waals surface area contributed by atoms with Gasteiger partial charge in [0.1, 0.15) is 5.75 Å². The Balaban J connectivity index is 1.56. The first-order valence-electron chi connectivity index (χ1n) is 6.52. The second-order valence-electron chi connectivity index (χ2n) is 4.50.